The smallest absolute Gasteiger partial charge is 1.00 e. The summed E-state index contributed by atoms with van der Waals surface area (Å²) in [4.78, 5) is 21.4. The van der Waals surface area contributed by atoms with Crippen molar-refractivity contribution >= 4 is 0 Å². The van der Waals surface area contributed by atoms with E-state index in [-0.39, 0.29) is 31.0 Å². The molecule has 0 amide bonds. The van der Waals surface area contributed by atoms with Gasteiger partial charge in [-0.05, 0) is 12.1 Å². The Balaban J connectivity index is 0. The van der Waals surface area contributed by atoms with E-state index < -0.39 is 5.97 Å². The summed E-state index contributed by atoms with van der Waals surface area (Å²) < 4.78 is 4.58. The first-order valence-corrected chi connectivity index (χ1v) is 3.12. The average molecular weight is 197 g/mol. The zero-order valence-corrected chi connectivity index (χ0v) is 9.30. The maximum atomic E-state index is 9.23. The van der Waals surface area contributed by atoms with E-state index in [1.54, 1.807) is 12.5 Å². The van der Waals surface area contributed by atoms with Gasteiger partial charge in [-0.15, -0.1) is 14.7 Å². The summed E-state index contributed by atoms with van der Waals surface area (Å²) >= 11 is 0. The quantitative estimate of drug-likeness (QED) is 0.194. The van der Waals surface area contributed by atoms with Crippen molar-refractivity contribution in [2.45, 2.75) is 12.9 Å². The summed E-state index contributed by atoms with van der Waals surface area (Å²) in [7, 11) is 0. The van der Waals surface area contributed by atoms with E-state index in [1.165, 1.54) is 6.92 Å². The van der Waals surface area contributed by atoms with Crippen molar-refractivity contribution in [2.75, 3.05) is 0 Å². The molecule has 7 heteroatoms. The maximum absolute atomic E-state index is 9.23. The summed E-state index contributed by atoms with van der Waals surface area (Å²) in [5.41, 5.74) is 0. The van der Waals surface area contributed by atoms with Crippen LogP contribution in [0.2, 0.25) is 0 Å². The van der Waals surface area contributed by atoms with Crippen LogP contribution < -0.4 is 29.6 Å². The van der Waals surface area contributed by atoms with Crippen LogP contribution in [0, 0.1) is 4.91 Å². The minimum atomic E-state index is -1.18. The van der Waals surface area contributed by atoms with E-state index in [9.17, 15) is 4.91 Å². The molecule has 2 rings (SSSR count). The first kappa shape index (κ1) is 12.6. The molecule has 1 fully saturated rings. The summed E-state index contributed by atoms with van der Waals surface area (Å²) in [5.74, 6) is -1.18. The Morgan fingerprint density at radius 2 is 1.92 bits per heavy atom. The Bertz CT molecular complexity index is 211. The minimum Gasteiger partial charge on any atom is -1.00 e. The van der Waals surface area contributed by atoms with Gasteiger partial charge in [0.15, 0.2) is 5.34 Å². The third-order valence-corrected chi connectivity index (χ3v) is 0.947. The maximum Gasteiger partial charge on any atom is 1.00 e. The molecule has 0 aliphatic carbocycles. The largest absolute Gasteiger partial charge is 1.00 e. The van der Waals surface area contributed by atoms with E-state index in [2.05, 4.69) is 24.4 Å². The molecule has 0 saturated carbocycles. The van der Waals surface area contributed by atoms with Crippen LogP contribution in [0.15, 0.2) is 34.4 Å². The Morgan fingerprint density at radius 1 is 1.38 bits per heavy atom. The van der Waals surface area contributed by atoms with Gasteiger partial charge in [0.25, 0.3) is 0 Å². The molecule has 68 valence electrons. The van der Waals surface area contributed by atoms with Crippen LogP contribution in [0.25, 0.3) is 0 Å². The van der Waals surface area contributed by atoms with Crippen LogP contribution in [0.3, 0.4) is 0 Å². The summed E-state index contributed by atoms with van der Waals surface area (Å²) in [6.07, 6.45) is 3.25. The average Bonchev–Trinajstić information content (AvgIpc) is 2.61. The molecular weight excluding hydrogens is 189 g/mol. The molecule has 6 nitrogen and oxygen atoms in total. The van der Waals surface area contributed by atoms with Crippen LogP contribution >= 0.6 is 0 Å². The first-order chi connectivity index (χ1) is 5.77. The molecule has 2 heterocycles. The topological polar surface area (TPSA) is 76.9 Å². The van der Waals surface area contributed by atoms with Gasteiger partial charge in [0.1, 0.15) is 0 Å². The van der Waals surface area contributed by atoms with Gasteiger partial charge >= 0.3 is 35.5 Å². The number of furan rings is 1. The van der Waals surface area contributed by atoms with E-state index >= 15 is 0 Å². The Morgan fingerprint density at radius 3 is 2.08 bits per heavy atom. The normalized spacial score (nSPS) is 15.8. The van der Waals surface area contributed by atoms with Crippen molar-refractivity contribution in [1.29, 1.82) is 0 Å². The van der Waals surface area contributed by atoms with Gasteiger partial charge in [-0.1, -0.05) is 0 Å². The summed E-state index contributed by atoms with van der Waals surface area (Å²) in [6.45, 7) is 1.42. The van der Waals surface area contributed by atoms with Crippen LogP contribution in [-0.2, 0) is 14.6 Å². The van der Waals surface area contributed by atoms with Gasteiger partial charge in [0, 0.05) is 6.92 Å². The fourth-order valence-electron chi connectivity index (χ4n) is 0.384. The van der Waals surface area contributed by atoms with Gasteiger partial charge in [-0.3, -0.25) is 4.84 Å². The SMILES string of the molecule is CC1(ON=O)OO1.[H-].[Na+].c1ccoc1. The summed E-state index contributed by atoms with van der Waals surface area (Å²) in [6, 6.07) is 3.67. The van der Waals surface area contributed by atoms with Crippen LogP contribution in [0.1, 0.15) is 8.35 Å². The molecule has 0 spiro atoms. The van der Waals surface area contributed by atoms with E-state index in [4.69, 9.17) is 0 Å². The van der Waals surface area contributed by atoms with Gasteiger partial charge in [-0.2, -0.15) is 0 Å². The van der Waals surface area contributed by atoms with Crippen LogP contribution in [0.4, 0.5) is 0 Å². The second-order valence-electron chi connectivity index (χ2n) is 1.99. The molecule has 0 bridgehead atoms. The van der Waals surface area contributed by atoms with Crippen molar-refractivity contribution in [3.05, 3.63) is 29.6 Å². The van der Waals surface area contributed by atoms with Gasteiger partial charge < -0.3 is 5.84 Å². The molecule has 1 aromatic heterocycles. The Kier molecular flexibility index (Phi) is 5.93. The number of hydrogen-bond acceptors (Lipinski definition) is 6. The molecule has 0 atom stereocenters. The van der Waals surface area contributed by atoms with E-state index in [0.717, 1.165) is 0 Å². The molecule has 0 unspecified atom stereocenters. The second-order valence-corrected chi connectivity index (χ2v) is 1.99. The van der Waals surface area contributed by atoms with Crippen molar-refractivity contribution < 1.29 is 50.0 Å². The first-order valence-electron chi connectivity index (χ1n) is 3.12. The summed E-state index contributed by atoms with van der Waals surface area (Å²) in [5, 5.41) is 2.07. The van der Waals surface area contributed by atoms with E-state index in [0.29, 0.717) is 0 Å². The molecule has 0 aromatic carbocycles. The molecule has 1 saturated heterocycles. The molecule has 13 heavy (non-hydrogen) atoms. The zero-order valence-electron chi connectivity index (χ0n) is 8.30. The monoisotopic (exact) mass is 197 g/mol. The second kappa shape index (κ2) is 6.11. The van der Waals surface area contributed by atoms with Crippen molar-refractivity contribution in [3.63, 3.8) is 0 Å². The fourth-order valence-corrected chi connectivity index (χ4v) is 0.384. The number of nitrogens with zero attached hydrogens (tertiary/aromatic N) is 1. The molecule has 0 radical (unpaired) electrons. The standard InChI is InChI=1S/C4H4O.C2H3NO4.Na.H/c1-2-4-5-3-1;1-2(5-3-4)6-7-2;;/h1-4H;1H3;;/q;;+1;-1. The molecular formula is C6H8NNaO5. The van der Waals surface area contributed by atoms with Crippen LogP contribution in [-0.4, -0.2) is 5.97 Å². The van der Waals surface area contributed by atoms with Crippen LogP contribution in [0.5, 0.6) is 0 Å². The van der Waals surface area contributed by atoms with Gasteiger partial charge in [-0.25, -0.2) is 0 Å². The predicted octanol–water partition coefficient (Wildman–Crippen LogP) is -1.28. The molecule has 1 aliphatic rings. The molecule has 1 aromatic rings. The Labute approximate surface area is 97.8 Å². The third kappa shape index (κ3) is 5.78. The number of rotatable bonds is 2. The molecule has 0 N–H and O–H groups in total. The van der Waals surface area contributed by atoms with Crippen molar-refractivity contribution in [2.24, 2.45) is 5.34 Å². The Hall–Kier alpha value is -0.400. The van der Waals surface area contributed by atoms with Gasteiger partial charge in [0.05, 0.1) is 12.5 Å². The number of hydrogen-bond donors (Lipinski definition) is 0. The predicted molar refractivity (Wildman–Crippen MR) is 37.3 cm³/mol. The fraction of sp³-hybridized carbons (Fsp3) is 0.333. The zero-order chi connectivity index (χ0) is 8.86. The van der Waals surface area contributed by atoms with Crippen molar-refractivity contribution in [1.82, 2.24) is 0 Å². The minimum absolute atomic E-state index is 0. The molecule has 1 aliphatic heterocycles. The van der Waals surface area contributed by atoms with Crippen molar-refractivity contribution in [3.8, 4) is 0 Å². The third-order valence-electron chi connectivity index (χ3n) is 0.947. The van der Waals surface area contributed by atoms with Gasteiger partial charge in [0.2, 0.25) is 0 Å². The van der Waals surface area contributed by atoms with E-state index in [1.807, 2.05) is 12.1 Å².